The van der Waals surface area contributed by atoms with Crippen molar-refractivity contribution in [1.29, 1.82) is 0 Å². The van der Waals surface area contributed by atoms with Crippen LogP contribution in [0.1, 0.15) is 34.6 Å². The summed E-state index contributed by atoms with van der Waals surface area (Å²) in [7, 11) is 0. The summed E-state index contributed by atoms with van der Waals surface area (Å²) in [5.41, 5.74) is 1.81. The summed E-state index contributed by atoms with van der Waals surface area (Å²) < 4.78 is 7.25. The van der Waals surface area contributed by atoms with Gasteiger partial charge in [-0.25, -0.2) is 4.79 Å². The number of ether oxygens (including phenoxy) is 1. The van der Waals surface area contributed by atoms with Crippen molar-refractivity contribution in [3.05, 3.63) is 41.3 Å². The molecule has 1 aliphatic carbocycles. The van der Waals surface area contributed by atoms with Gasteiger partial charge in [0.05, 0.1) is 24.3 Å². The molecule has 0 saturated heterocycles. The van der Waals surface area contributed by atoms with Crippen molar-refractivity contribution < 1.29 is 14.6 Å². The summed E-state index contributed by atoms with van der Waals surface area (Å²) in [6, 6.07) is 0. The number of allylic oxidation sites excluding steroid dienone is 2. The first kappa shape index (κ1) is 11.2. The van der Waals surface area contributed by atoms with E-state index >= 15 is 0 Å². The summed E-state index contributed by atoms with van der Waals surface area (Å²) in [6.07, 6.45) is 7.87. The number of aromatic carboxylic acids is 1. The monoisotopic (exact) mass is 246 g/mol. The fourth-order valence-electron chi connectivity index (χ4n) is 2.57. The molecule has 5 heteroatoms. The van der Waals surface area contributed by atoms with E-state index in [1.807, 2.05) is 31.2 Å². The maximum Gasteiger partial charge on any atom is 0.354 e. The Morgan fingerprint density at radius 3 is 3.06 bits per heavy atom. The third-order valence-electron chi connectivity index (χ3n) is 3.40. The molecule has 2 atom stereocenters. The summed E-state index contributed by atoms with van der Waals surface area (Å²) in [4.78, 5) is 11.3. The van der Waals surface area contributed by atoms with Crippen LogP contribution in [0.5, 0.6) is 0 Å². The molecular weight excluding hydrogens is 232 g/mol. The molecule has 0 radical (unpaired) electrons. The highest BCUT2D eigenvalue weighted by Crippen LogP contribution is 2.35. The van der Waals surface area contributed by atoms with Crippen LogP contribution in [0.2, 0.25) is 0 Å². The molecule has 18 heavy (non-hydrogen) atoms. The van der Waals surface area contributed by atoms with Gasteiger partial charge >= 0.3 is 5.97 Å². The predicted molar refractivity (Wildman–Crippen MR) is 64.5 cm³/mol. The highest BCUT2D eigenvalue weighted by atomic mass is 16.5. The second kappa shape index (κ2) is 4.10. The third-order valence-corrected chi connectivity index (χ3v) is 3.40. The van der Waals surface area contributed by atoms with Crippen LogP contribution in [-0.2, 0) is 17.9 Å². The molecule has 2 unspecified atom stereocenters. The summed E-state index contributed by atoms with van der Waals surface area (Å²) in [6.45, 7) is 2.75. The Hall–Kier alpha value is -1.88. The zero-order valence-electron chi connectivity index (χ0n) is 10.0. The molecule has 1 N–H and O–H groups in total. The van der Waals surface area contributed by atoms with E-state index in [4.69, 9.17) is 4.74 Å². The number of hydrogen-bond acceptors (Lipinski definition) is 3. The molecule has 0 aromatic carbocycles. The van der Waals surface area contributed by atoms with Gasteiger partial charge in [0, 0.05) is 12.1 Å². The van der Waals surface area contributed by atoms with Gasteiger partial charge in [0.2, 0.25) is 0 Å². The number of fused-ring (bicyclic) bond motifs is 3. The third kappa shape index (κ3) is 1.51. The lowest BCUT2D eigenvalue weighted by Crippen LogP contribution is -2.26. The average molecular weight is 246 g/mol. The van der Waals surface area contributed by atoms with Gasteiger partial charge in [0.1, 0.15) is 0 Å². The lowest BCUT2D eigenvalue weighted by molar-refractivity contribution is 0.0455. The number of carbonyl (C=O) groups is 1. The van der Waals surface area contributed by atoms with Crippen LogP contribution in [0.25, 0.3) is 0 Å². The van der Waals surface area contributed by atoms with Crippen LogP contribution in [0.4, 0.5) is 0 Å². The molecule has 5 nitrogen and oxygen atoms in total. The SMILES string of the molecule is CCn1nc2c(c1C(=O)O)COC1C=CC=CC21. The normalized spacial score (nSPS) is 24.7. The molecule has 0 saturated carbocycles. The minimum atomic E-state index is -0.942. The van der Waals surface area contributed by atoms with Gasteiger partial charge in [-0.15, -0.1) is 0 Å². The maximum atomic E-state index is 11.3. The molecule has 1 aliphatic heterocycles. The Bertz CT molecular complexity index is 557. The van der Waals surface area contributed by atoms with Crippen LogP contribution in [-0.4, -0.2) is 27.0 Å². The van der Waals surface area contributed by atoms with Crippen molar-refractivity contribution >= 4 is 5.97 Å². The van der Waals surface area contributed by atoms with Crippen molar-refractivity contribution in [3.8, 4) is 0 Å². The van der Waals surface area contributed by atoms with Crippen LogP contribution < -0.4 is 0 Å². The lowest BCUT2D eigenvalue weighted by atomic mass is 9.89. The van der Waals surface area contributed by atoms with E-state index in [2.05, 4.69) is 5.10 Å². The molecular formula is C13H14N2O3. The van der Waals surface area contributed by atoms with Gasteiger partial charge in [-0.1, -0.05) is 24.3 Å². The van der Waals surface area contributed by atoms with Crippen molar-refractivity contribution in [2.45, 2.75) is 32.1 Å². The largest absolute Gasteiger partial charge is 0.477 e. The number of aryl methyl sites for hydroxylation is 1. The van der Waals surface area contributed by atoms with E-state index in [-0.39, 0.29) is 17.7 Å². The fourth-order valence-corrected chi connectivity index (χ4v) is 2.57. The van der Waals surface area contributed by atoms with Gasteiger partial charge in [-0.05, 0) is 6.92 Å². The van der Waals surface area contributed by atoms with Gasteiger partial charge < -0.3 is 9.84 Å². The van der Waals surface area contributed by atoms with E-state index in [9.17, 15) is 9.90 Å². The van der Waals surface area contributed by atoms with E-state index in [0.717, 1.165) is 5.69 Å². The molecule has 0 spiro atoms. The Morgan fingerprint density at radius 1 is 1.56 bits per heavy atom. The lowest BCUT2D eigenvalue weighted by Gasteiger charge is -2.28. The second-order valence-corrected chi connectivity index (χ2v) is 4.40. The fraction of sp³-hybridized carbons (Fsp3) is 0.385. The summed E-state index contributed by atoms with van der Waals surface area (Å²) >= 11 is 0. The van der Waals surface area contributed by atoms with Crippen LogP contribution in [0, 0.1) is 0 Å². The maximum absolute atomic E-state index is 11.3. The van der Waals surface area contributed by atoms with Crippen LogP contribution >= 0.6 is 0 Å². The molecule has 3 rings (SSSR count). The van der Waals surface area contributed by atoms with Crippen LogP contribution in [0.15, 0.2) is 24.3 Å². The second-order valence-electron chi connectivity index (χ2n) is 4.40. The van der Waals surface area contributed by atoms with Crippen molar-refractivity contribution in [3.63, 3.8) is 0 Å². The molecule has 94 valence electrons. The average Bonchev–Trinajstić information content (AvgIpc) is 2.77. The summed E-state index contributed by atoms with van der Waals surface area (Å²) in [5.74, 6) is -0.910. The quantitative estimate of drug-likeness (QED) is 0.862. The first-order chi connectivity index (χ1) is 8.72. The minimum Gasteiger partial charge on any atom is -0.477 e. The van der Waals surface area contributed by atoms with Crippen molar-refractivity contribution in [2.24, 2.45) is 0 Å². The van der Waals surface area contributed by atoms with E-state index in [1.54, 1.807) is 4.68 Å². The highest BCUT2D eigenvalue weighted by Gasteiger charge is 2.35. The predicted octanol–water partition coefficient (Wildman–Crippen LogP) is 1.71. The highest BCUT2D eigenvalue weighted by molar-refractivity contribution is 5.88. The Morgan fingerprint density at radius 2 is 2.33 bits per heavy atom. The number of hydrogen-bond donors (Lipinski definition) is 1. The van der Waals surface area contributed by atoms with Gasteiger partial charge in [0.25, 0.3) is 0 Å². The number of rotatable bonds is 2. The molecule has 0 amide bonds. The standard InChI is InChI=1S/C13H14N2O3/c1-2-15-12(13(16)17)9-7-18-10-6-4-3-5-8(10)11(9)14-15/h3-6,8,10H,2,7H2,1H3,(H,16,17). The smallest absolute Gasteiger partial charge is 0.354 e. The molecule has 1 aromatic rings. The molecule has 0 bridgehead atoms. The molecule has 2 heterocycles. The number of nitrogens with zero attached hydrogens (tertiary/aromatic N) is 2. The Kier molecular flexibility index (Phi) is 2.56. The Balaban J connectivity index is 2.13. The topological polar surface area (TPSA) is 64.4 Å². The van der Waals surface area contributed by atoms with E-state index in [0.29, 0.717) is 18.7 Å². The van der Waals surface area contributed by atoms with Crippen molar-refractivity contribution in [2.75, 3.05) is 0 Å². The van der Waals surface area contributed by atoms with Crippen LogP contribution in [0.3, 0.4) is 0 Å². The van der Waals surface area contributed by atoms with E-state index in [1.165, 1.54) is 0 Å². The zero-order chi connectivity index (χ0) is 12.7. The van der Waals surface area contributed by atoms with Gasteiger partial charge in [-0.2, -0.15) is 5.10 Å². The number of carboxylic acid groups (broad SMARTS) is 1. The molecule has 1 aromatic heterocycles. The molecule has 2 aliphatic rings. The molecule has 0 fully saturated rings. The minimum absolute atomic E-state index is 0.0237. The first-order valence-corrected chi connectivity index (χ1v) is 6.01. The van der Waals surface area contributed by atoms with E-state index < -0.39 is 5.97 Å². The van der Waals surface area contributed by atoms with Gasteiger partial charge in [-0.3, -0.25) is 4.68 Å². The summed E-state index contributed by atoms with van der Waals surface area (Å²) in [5, 5.41) is 13.7. The first-order valence-electron chi connectivity index (χ1n) is 6.01. The zero-order valence-corrected chi connectivity index (χ0v) is 10.0. The van der Waals surface area contributed by atoms with Crippen molar-refractivity contribution in [1.82, 2.24) is 9.78 Å². The Labute approximate surface area is 104 Å². The number of aromatic nitrogens is 2. The number of carboxylic acids is 1. The van der Waals surface area contributed by atoms with Gasteiger partial charge in [0.15, 0.2) is 5.69 Å².